The van der Waals surface area contributed by atoms with Gasteiger partial charge in [-0.1, -0.05) is 26.0 Å². The monoisotopic (exact) mass is 277 g/mol. The van der Waals surface area contributed by atoms with Crippen molar-refractivity contribution in [2.45, 2.75) is 45.7 Å². The fraction of sp³-hybridized carbons (Fsp3) is 0.647. The maximum atomic E-state index is 5.71. The fourth-order valence-corrected chi connectivity index (χ4v) is 2.44. The third-order valence-corrected chi connectivity index (χ3v) is 3.61. The van der Waals surface area contributed by atoms with Crippen LogP contribution in [0.1, 0.15) is 45.2 Å². The van der Waals surface area contributed by atoms with Crippen LogP contribution in [0.4, 0.5) is 0 Å². The van der Waals surface area contributed by atoms with E-state index in [1.807, 2.05) is 0 Å². The van der Waals surface area contributed by atoms with Crippen molar-refractivity contribution in [1.82, 2.24) is 5.32 Å². The second kappa shape index (κ2) is 7.65. The first-order valence-electron chi connectivity index (χ1n) is 7.71. The first-order chi connectivity index (χ1) is 9.65. The zero-order valence-corrected chi connectivity index (χ0v) is 12.9. The van der Waals surface area contributed by atoms with E-state index in [0.717, 1.165) is 32.0 Å². The Balaban J connectivity index is 1.84. The Kier molecular flexibility index (Phi) is 5.86. The molecule has 0 aromatic heterocycles. The van der Waals surface area contributed by atoms with Crippen molar-refractivity contribution in [2.75, 3.05) is 19.8 Å². The van der Waals surface area contributed by atoms with Gasteiger partial charge < -0.3 is 14.8 Å². The molecule has 1 saturated heterocycles. The molecule has 2 rings (SSSR count). The standard InChI is InChI=1S/C17H27NO2/c1-13(2)11-20-17-8-6-15(7-9-17)14(3)18-16-5-4-10-19-12-16/h6-9,13-14,16,18H,4-5,10-12H2,1-3H3. The van der Waals surface area contributed by atoms with Gasteiger partial charge in [-0.05, 0) is 43.4 Å². The van der Waals surface area contributed by atoms with Crippen LogP contribution >= 0.6 is 0 Å². The molecule has 0 saturated carbocycles. The van der Waals surface area contributed by atoms with Crippen LogP contribution in [0.3, 0.4) is 0 Å². The highest BCUT2D eigenvalue weighted by atomic mass is 16.5. The number of hydrogen-bond acceptors (Lipinski definition) is 3. The molecule has 1 aromatic carbocycles. The van der Waals surface area contributed by atoms with E-state index in [9.17, 15) is 0 Å². The van der Waals surface area contributed by atoms with Crippen LogP contribution in [-0.4, -0.2) is 25.9 Å². The molecule has 0 amide bonds. The van der Waals surface area contributed by atoms with Crippen LogP contribution in [0.15, 0.2) is 24.3 Å². The molecule has 1 aliphatic rings. The molecule has 20 heavy (non-hydrogen) atoms. The molecular weight excluding hydrogens is 250 g/mol. The summed E-state index contributed by atoms with van der Waals surface area (Å²) in [7, 11) is 0. The van der Waals surface area contributed by atoms with Crippen LogP contribution in [0, 0.1) is 5.92 Å². The van der Waals surface area contributed by atoms with Crippen LogP contribution < -0.4 is 10.1 Å². The highest BCUT2D eigenvalue weighted by molar-refractivity contribution is 5.29. The summed E-state index contributed by atoms with van der Waals surface area (Å²) in [6.45, 7) is 9.04. The maximum absolute atomic E-state index is 5.71. The minimum absolute atomic E-state index is 0.348. The van der Waals surface area contributed by atoms with Gasteiger partial charge in [0.2, 0.25) is 0 Å². The molecule has 2 atom stereocenters. The number of hydrogen-bond donors (Lipinski definition) is 1. The highest BCUT2D eigenvalue weighted by Gasteiger charge is 2.16. The quantitative estimate of drug-likeness (QED) is 0.862. The second-order valence-corrected chi connectivity index (χ2v) is 6.08. The summed E-state index contributed by atoms with van der Waals surface area (Å²) in [5.74, 6) is 1.51. The van der Waals surface area contributed by atoms with Gasteiger partial charge in [0.1, 0.15) is 5.75 Å². The first-order valence-corrected chi connectivity index (χ1v) is 7.71. The van der Waals surface area contributed by atoms with Gasteiger partial charge in [-0.25, -0.2) is 0 Å². The molecule has 1 aromatic rings. The van der Waals surface area contributed by atoms with E-state index in [-0.39, 0.29) is 0 Å². The first kappa shape index (κ1) is 15.3. The average Bonchev–Trinajstić information content (AvgIpc) is 2.46. The molecule has 1 fully saturated rings. The van der Waals surface area contributed by atoms with Crippen LogP contribution in [0.25, 0.3) is 0 Å². The van der Waals surface area contributed by atoms with Crippen LogP contribution in [0.2, 0.25) is 0 Å². The Bertz CT molecular complexity index is 382. The summed E-state index contributed by atoms with van der Waals surface area (Å²) in [6, 6.07) is 9.26. The molecule has 3 nitrogen and oxygen atoms in total. The Morgan fingerprint density at radius 2 is 2.00 bits per heavy atom. The largest absolute Gasteiger partial charge is 0.493 e. The summed E-state index contributed by atoms with van der Waals surface area (Å²) in [4.78, 5) is 0. The van der Waals surface area contributed by atoms with E-state index < -0.39 is 0 Å². The molecule has 1 N–H and O–H groups in total. The molecule has 0 radical (unpaired) electrons. The van der Waals surface area contributed by atoms with Crippen LogP contribution in [0.5, 0.6) is 5.75 Å². The van der Waals surface area contributed by atoms with Crippen molar-refractivity contribution in [1.29, 1.82) is 0 Å². The zero-order chi connectivity index (χ0) is 14.4. The summed E-state index contributed by atoms with van der Waals surface area (Å²) < 4.78 is 11.2. The van der Waals surface area contributed by atoms with Gasteiger partial charge >= 0.3 is 0 Å². The zero-order valence-electron chi connectivity index (χ0n) is 12.9. The summed E-state index contributed by atoms with van der Waals surface area (Å²) in [5.41, 5.74) is 1.30. The fourth-order valence-electron chi connectivity index (χ4n) is 2.44. The normalized spacial score (nSPS) is 20.9. The van der Waals surface area contributed by atoms with Gasteiger partial charge in [0.05, 0.1) is 13.2 Å². The lowest BCUT2D eigenvalue weighted by molar-refractivity contribution is 0.0671. The minimum atomic E-state index is 0.348. The van der Waals surface area contributed by atoms with Crippen LogP contribution in [-0.2, 0) is 4.74 Å². The van der Waals surface area contributed by atoms with Gasteiger partial charge in [0, 0.05) is 18.7 Å². The van der Waals surface area contributed by atoms with E-state index in [1.54, 1.807) is 0 Å². The lowest BCUT2D eigenvalue weighted by Gasteiger charge is -2.27. The van der Waals surface area contributed by atoms with Gasteiger partial charge in [-0.15, -0.1) is 0 Å². The third-order valence-electron chi connectivity index (χ3n) is 3.61. The van der Waals surface area contributed by atoms with Gasteiger partial charge in [-0.3, -0.25) is 0 Å². The molecule has 112 valence electrons. The lowest BCUT2D eigenvalue weighted by Crippen LogP contribution is -2.38. The van der Waals surface area contributed by atoms with E-state index in [0.29, 0.717) is 18.0 Å². The number of rotatable bonds is 6. The van der Waals surface area contributed by atoms with Gasteiger partial charge in [0.25, 0.3) is 0 Å². The summed E-state index contributed by atoms with van der Waals surface area (Å²) in [6.07, 6.45) is 2.37. The molecule has 2 unspecified atom stereocenters. The van der Waals surface area contributed by atoms with E-state index in [2.05, 4.69) is 50.4 Å². The SMILES string of the molecule is CC(C)COc1ccc(C(C)NC2CCCOC2)cc1. The predicted octanol–water partition coefficient (Wildman–Crippen LogP) is 3.55. The Morgan fingerprint density at radius 3 is 2.60 bits per heavy atom. The van der Waals surface area contributed by atoms with E-state index in [4.69, 9.17) is 9.47 Å². The maximum Gasteiger partial charge on any atom is 0.119 e. The summed E-state index contributed by atoms with van der Waals surface area (Å²) in [5, 5.41) is 3.64. The smallest absolute Gasteiger partial charge is 0.119 e. The van der Waals surface area contributed by atoms with Crippen molar-refractivity contribution in [2.24, 2.45) is 5.92 Å². The van der Waals surface area contributed by atoms with Crippen molar-refractivity contribution in [3.8, 4) is 5.75 Å². The Hall–Kier alpha value is -1.06. The lowest BCUT2D eigenvalue weighted by atomic mass is 10.0. The molecule has 0 aliphatic carbocycles. The molecule has 1 heterocycles. The van der Waals surface area contributed by atoms with Gasteiger partial charge in [-0.2, -0.15) is 0 Å². The minimum Gasteiger partial charge on any atom is -0.493 e. The number of ether oxygens (including phenoxy) is 2. The third kappa shape index (κ3) is 4.80. The molecule has 0 bridgehead atoms. The summed E-state index contributed by atoms with van der Waals surface area (Å²) >= 11 is 0. The van der Waals surface area contributed by atoms with E-state index in [1.165, 1.54) is 12.0 Å². The molecule has 3 heteroatoms. The van der Waals surface area contributed by atoms with Crippen molar-refractivity contribution >= 4 is 0 Å². The molecule has 0 spiro atoms. The topological polar surface area (TPSA) is 30.5 Å². The number of nitrogens with one attached hydrogen (secondary N) is 1. The van der Waals surface area contributed by atoms with Crippen molar-refractivity contribution in [3.05, 3.63) is 29.8 Å². The van der Waals surface area contributed by atoms with Crippen molar-refractivity contribution in [3.63, 3.8) is 0 Å². The van der Waals surface area contributed by atoms with E-state index >= 15 is 0 Å². The van der Waals surface area contributed by atoms with Gasteiger partial charge in [0.15, 0.2) is 0 Å². The Labute approximate surface area is 122 Å². The predicted molar refractivity (Wildman–Crippen MR) is 82.2 cm³/mol. The number of benzene rings is 1. The molecule has 1 aliphatic heterocycles. The highest BCUT2D eigenvalue weighted by Crippen LogP contribution is 2.19. The second-order valence-electron chi connectivity index (χ2n) is 6.08. The van der Waals surface area contributed by atoms with Crippen molar-refractivity contribution < 1.29 is 9.47 Å². The molecular formula is C17H27NO2. The average molecular weight is 277 g/mol. The Morgan fingerprint density at radius 1 is 1.25 bits per heavy atom.